The Balaban J connectivity index is 2.08. The summed E-state index contributed by atoms with van der Waals surface area (Å²) >= 11 is 1.85. The van der Waals surface area contributed by atoms with Gasteiger partial charge in [-0.15, -0.1) is 11.8 Å². The molecular weight excluding hydrogens is 226 g/mol. The van der Waals surface area contributed by atoms with Gasteiger partial charge in [0.2, 0.25) is 0 Å². The SMILES string of the molecule is Cc1cc(SCc2ccccc2C)ccc1N. The van der Waals surface area contributed by atoms with E-state index in [1.165, 1.54) is 16.0 Å². The molecule has 17 heavy (non-hydrogen) atoms. The van der Waals surface area contributed by atoms with E-state index in [0.29, 0.717) is 0 Å². The molecule has 0 bridgehead atoms. The molecule has 0 heterocycles. The van der Waals surface area contributed by atoms with Crippen molar-refractivity contribution in [1.82, 2.24) is 0 Å². The summed E-state index contributed by atoms with van der Waals surface area (Å²) in [5, 5.41) is 0. The van der Waals surface area contributed by atoms with E-state index >= 15 is 0 Å². The predicted molar refractivity (Wildman–Crippen MR) is 76.3 cm³/mol. The maximum absolute atomic E-state index is 5.81. The lowest BCUT2D eigenvalue weighted by molar-refractivity contribution is 1.29. The van der Waals surface area contributed by atoms with Gasteiger partial charge in [0.1, 0.15) is 0 Å². The molecule has 0 amide bonds. The summed E-state index contributed by atoms with van der Waals surface area (Å²) < 4.78 is 0. The number of benzene rings is 2. The molecule has 0 aliphatic heterocycles. The van der Waals surface area contributed by atoms with E-state index in [9.17, 15) is 0 Å². The first kappa shape index (κ1) is 12.1. The first-order chi connectivity index (χ1) is 8.16. The van der Waals surface area contributed by atoms with Crippen LogP contribution in [0.3, 0.4) is 0 Å². The zero-order valence-corrected chi connectivity index (χ0v) is 11.1. The Morgan fingerprint density at radius 3 is 2.47 bits per heavy atom. The lowest BCUT2D eigenvalue weighted by Gasteiger charge is -2.07. The third-order valence-electron chi connectivity index (χ3n) is 2.90. The Kier molecular flexibility index (Phi) is 3.75. The number of rotatable bonds is 3. The van der Waals surface area contributed by atoms with E-state index in [2.05, 4.69) is 43.3 Å². The standard InChI is InChI=1S/C15H17NS/c1-11-5-3-4-6-13(11)10-17-14-7-8-15(16)12(2)9-14/h3-9H,10,16H2,1-2H3. The minimum atomic E-state index is 0.866. The molecule has 0 radical (unpaired) electrons. The van der Waals surface area contributed by atoms with Gasteiger partial charge in [0.15, 0.2) is 0 Å². The zero-order valence-electron chi connectivity index (χ0n) is 10.2. The van der Waals surface area contributed by atoms with Crippen LogP contribution in [0.5, 0.6) is 0 Å². The summed E-state index contributed by atoms with van der Waals surface area (Å²) in [6.07, 6.45) is 0. The summed E-state index contributed by atoms with van der Waals surface area (Å²) in [4.78, 5) is 1.28. The largest absolute Gasteiger partial charge is 0.399 e. The fourth-order valence-electron chi connectivity index (χ4n) is 1.67. The Morgan fingerprint density at radius 2 is 1.76 bits per heavy atom. The van der Waals surface area contributed by atoms with E-state index in [4.69, 9.17) is 5.73 Å². The monoisotopic (exact) mass is 243 g/mol. The molecule has 0 spiro atoms. The van der Waals surface area contributed by atoms with Crippen LogP contribution in [0, 0.1) is 13.8 Å². The molecule has 0 unspecified atom stereocenters. The van der Waals surface area contributed by atoms with Gasteiger partial charge in [-0.2, -0.15) is 0 Å². The summed E-state index contributed by atoms with van der Waals surface area (Å²) in [5.74, 6) is 1.01. The van der Waals surface area contributed by atoms with Crippen LogP contribution in [-0.2, 0) is 5.75 Å². The average Bonchev–Trinajstić information content (AvgIpc) is 2.32. The van der Waals surface area contributed by atoms with Crippen molar-refractivity contribution in [3.8, 4) is 0 Å². The maximum atomic E-state index is 5.81. The van der Waals surface area contributed by atoms with Crippen molar-refractivity contribution in [3.05, 3.63) is 59.2 Å². The second-order valence-corrected chi connectivity index (χ2v) is 5.28. The summed E-state index contributed by atoms with van der Waals surface area (Å²) in [7, 11) is 0. The van der Waals surface area contributed by atoms with E-state index in [-0.39, 0.29) is 0 Å². The number of hydrogen-bond acceptors (Lipinski definition) is 2. The number of thioether (sulfide) groups is 1. The normalized spacial score (nSPS) is 10.5. The molecule has 1 nitrogen and oxygen atoms in total. The summed E-state index contributed by atoms with van der Waals surface area (Å²) in [6.45, 7) is 4.21. The Bertz CT molecular complexity index is 520. The molecule has 0 saturated heterocycles. The number of nitrogens with two attached hydrogens (primary N) is 1. The highest BCUT2D eigenvalue weighted by molar-refractivity contribution is 7.98. The molecule has 2 rings (SSSR count). The minimum absolute atomic E-state index is 0.866. The van der Waals surface area contributed by atoms with Gasteiger partial charge in [-0.05, 0) is 48.7 Å². The van der Waals surface area contributed by atoms with Gasteiger partial charge in [-0.1, -0.05) is 24.3 Å². The van der Waals surface area contributed by atoms with Crippen molar-refractivity contribution in [3.63, 3.8) is 0 Å². The van der Waals surface area contributed by atoms with Gasteiger partial charge in [-0.3, -0.25) is 0 Å². The molecule has 0 aliphatic rings. The van der Waals surface area contributed by atoms with Crippen molar-refractivity contribution in [2.24, 2.45) is 0 Å². The molecule has 0 atom stereocenters. The molecule has 0 fully saturated rings. The van der Waals surface area contributed by atoms with E-state index in [1.807, 2.05) is 24.8 Å². The molecule has 2 N–H and O–H groups in total. The van der Waals surface area contributed by atoms with Crippen LogP contribution in [0.4, 0.5) is 5.69 Å². The highest BCUT2D eigenvalue weighted by atomic mass is 32.2. The van der Waals surface area contributed by atoms with E-state index in [0.717, 1.165) is 17.0 Å². The highest BCUT2D eigenvalue weighted by Gasteiger charge is 2.00. The fraction of sp³-hybridized carbons (Fsp3) is 0.200. The molecule has 0 aliphatic carbocycles. The van der Waals surface area contributed by atoms with Crippen molar-refractivity contribution in [2.75, 3.05) is 5.73 Å². The second kappa shape index (κ2) is 5.28. The maximum Gasteiger partial charge on any atom is 0.0344 e. The van der Waals surface area contributed by atoms with Gasteiger partial charge in [0, 0.05) is 16.3 Å². The number of anilines is 1. The van der Waals surface area contributed by atoms with Gasteiger partial charge >= 0.3 is 0 Å². The molecule has 2 aromatic carbocycles. The quantitative estimate of drug-likeness (QED) is 0.646. The van der Waals surface area contributed by atoms with Crippen LogP contribution in [0.2, 0.25) is 0 Å². The number of aryl methyl sites for hydroxylation is 2. The van der Waals surface area contributed by atoms with Gasteiger partial charge < -0.3 is 5.73 Å². The Morgan fingerprint density at radius 1 is 1.00 bits per heavy atom. The van der Waals surface area contributed by atoms with Crippen LogP contribution in [0.1, 0.15) is 16.7 Å². The summed E-state index contributed by atoms with van der Waals surface area (Å²) in [6, 6.07) is 14.7. The first-order valence-electron chi connectivity index (χ1n) is 5.70. The fourth-order valence-corrected chi connectivity index (χ4v) is 2.74. The van der Waals surface area contributed by atoms with E-state index in [1.54, 1.807) is 0 Å². The second-order valence-electron chi connectivity index (χ2n) is 4.23. The van der Waals surface area contributed by atoms with Crippen molar-refractivity contribution in [1.29, 1.82) is 0 Å². The molecule has 88 valence electrons. The van der Waals surface area contributed by atoms with Crippen LogP contribution < -0.4 is 5.73 Å². The first-order valence-corrected chi connectivity index (χ1v) is 6.69. The molecule has 0 saturated carbocycles. The van der Waals surface area contributed by atoms with Crippen LogP contribution in [0.15, 0.2) is 47.4 Å². The lowest BCUT2D eigenvalue weighted by Crippen LogP contribution is -1.89. The summed E-state index contributed by atoms with van der Waals surface area (Å²) in [5.41, 5.74) is 10.6. The zero-order chi connectivity index (χ0) is 12.3. The third kappa shape index (κ3) is 3.04. The van der Waals surface area contributed by atoms with Crippen molar-refractivity contribution >= 4 is 17.4 Å². The van der Waals surface area contributed by atoms with Crippen LogP contribution in [-0.4, -0.2) is 0 Å². The van der Waals surface area contributed by atoms with Crippen LogP contribution >= 0.6 is 11.8 Å². The average molecular weight is 243 g/mol. The highest BCUT2D eigenvalue weighted by Crippen LogP contribution is 2.26. The minimum Gasteiger partial charge on any atom is -0.399 e. The van der Waals surface area contributed by atoms with Crippen LogP contribution in [0.25, 0.3) is 0 Å². The molecular formula is C15H17NS. The number of hydrogen-bond donors (Lipinski definition) is 1. The predicted octanol–water partition coefficient (Wildman–Crippen LogP) is 4.18. The van der Waals surface area contributed by atoms with E-state index < -0.39 is 0 Å². The number of nitrogen functional groups attached to an aromatic ring is 1. The Hall–Kier alpha value is -1.41. The Labute approximate surface area is 107 Å². The van der Waals surface area contributed by atoms with Gasteiger partial charge in [0.05, 0.1) is 0 Å². The van der Waals surface area contributed by atoms with Crippen molar-refractivity contribution in [2.45, 2.75) is 24.5 Å². The molecule has 2 heteroatoms. The lowest BCUT2D eigenvalue weighted by atomic mass is 10.1. The third-order valence-corrected chi connectivity index (χ3v) is 3.94. The topological polar surface area (TPSA) is 26.0 Å². The van der Waals surface area contributed by atoms with Gasteiger partial charge in [-0.25, -0.2) is 0 Å². The van der Waals surface area contributed by atoms with Crippen molar-refractivity contribution < 1.29 is 0 Å². The van der Waals surface area contributed by atoms with Gasteiger partial charge in [0.25, 0.3) is 0 Å². The smallest absolute Gasteiger partial charge is 0.0344 e. The molecule has 0 aromatic heterocycles. The molecule has 2 aromatic rings.